The van der Waals surface area contributed by atoms with Crippen LogP contribution in [0, 0.1) is 11.6 Å². The van der Waals surface area contributed by atoms with Crippen LogP contribution < -0.4 is 5.32 Å². The molecule has 0 unspecified atom stereocenters. The van der Waals surface area contributed by atoms with Gasteiger partial charge < -0.3 is 5.32 Å². The summed E-state index contributed by atoms with van der Waals surface area (Å²) in [5.41, 5.74) is -0.0149. The van der Waals surface area contributed by atoms with Gasteiger partial charge in [0.2, 0.25) is 0 Å². The number of carbonyl (C=O) groups is 1. The molecule has 0 radical (unpaired) electrons. The monoisotopic (exact) mass is 423 g/mol. The number of anilines is 1. The molecule has 0 saturated heterocycles. The Bertz CT molecular complexity index is 674. The maximum absolute atomic E-state index is 13.6. The van der Waals surface area contributed by atoms with Crippen molar-refractivity contribution in [1.82, 2.24) is 0 Å². The Balaban J connectivity index is 2.30. The number of hydrogen-bond acceptors (Lipinski definition) is 1. The number of carbonyl (C=O) groups excluding carboxylic acids is 1. The molecular formula is C13H6Br2ClF2NO. The van der Waals surface area contributed by atoms with E-state index in [2.05, 4.69) is 37.2 Å². The highest BCUT2D eigenvalue weighted by Crippen LogP contribution is 2.25. The predicted octanol–water partition coefficient (Wildman–Crippen LogP) is 5.40. The maximum atomic E-state index is 13.6. The Labute approximate surface area is 135 Å². The maximum Gasteiger partial charge on any atom is 0.255 e. The molecule has 1 N–H and O–H groups in total. The number of rotatable bonds is 2. The van der Waals surface area contributed by atoms with Gasteiger partial charge in [-0.1, -0.05) is 27.5 Å². The Morgan fingerprint density at radius 2 is 1.75 bits per heavy atom. The molecular weight excluding hydrogens is 419 g/mol. The van der Waals surface area contributed by atoms with Gasteiger partial charge in [0.15, 0.2) is 0 Å². The van der Waals surface area contributed by atoms with Crippen LogP contribution in [-0.2, 0) is 0 Å². The van der Waals surface area contributed by atoms with Crippen molar-refractivity contribution in [3.05, 3.63) is 61.5 Å². The second-order valence-electron chi connectivity index (χ2n) is 3.86. The fourth-order valence-electron chi connectivity index (χ4n) is 1.50. The standard InChI is InChI=1S/C13H6Br2ClF2NO/c14-7-1-6(2-8(16)3-7)13(20)19-12-5-10(17)9(15)4-11(12)18/h1-5H,(H,19,20). The number of amides is 1. The zero-order chi connectivity index (χ0) is 14.9. The van der Waals surface area contributed by atoms with E-state index in [0.29, 0.717) is 9.50 Å². The topological polar surface area (TPSA) is 29.1 Å². The summed E-state index contributed by atoms with van der Waals surface area (Å²) in [4.78, 5) is 12.0. The first-order valence-electron chi connectivity index (χ1n) is 5.29. The summed E-state index contributed by atoms with van der Waals surface area (Å²) in [5, 5.41) is 2.65. The number of benzene rings is 2. The van der Waals surface area contributed by atoms with Crippen LogP contribution in [0.2, 0.25) is 5.02 Å². The van der Waals surface area contributed by atoms with Crippen molar-refractivity contribution in [3.8, 4) is 0 Å². The average molecular weight is 425 g/mol. The predicted molar refractivity (Wildman–Crippen MR) is 81.2 cm³/mol. The highest BCUT2D eigenvalue weighted by atomic mass is 79.9. The average Bonchev–Trinajstić information content (AvgIpc) is 2.34. The van der Waals surface area contributed by atoms with Gasteiger partial charge in [0.25, 0.3) is 5.91 Å². The molecule has 2 nitrogen and oxygen atoms in total. The van der Waals surface area contributed by atoms with Crippen molar-refractivity contribution in [2.45, 2.75) is 0 Å². The first-order chi connectivity index (χ1) is 9.36. The summed E-state index contributed by atoms with van der Waals surface area (Å²) in [6, 6.07) is 6.40. The third-order valence-electron chi connectivity index (χ3n) is 2.38. The lowest BCUT2D eigenvalue weighted by molar-refractivity contribution is 0.102. The van der Waals surface area contributed by atoms with Gasteiger partial charge in [0, 0.05) is 21.1 Å². The van der Waals surface area contributed by atoms with Crippen molar-refractivity contribution in [3.63, 3.8) is 0 Å². The van der Waals surface area contributed by atoms with E-state index in [1.165, 1.54) is 12.1 Å². The van der Waals surface area contributed by atoms with Gasteiger partial charge >= 0.3 is 0 Å². The molecule has 7 heteroatoms. The summed E-state index contributed by atoms with van der Waals surface area (Å²) in [6.45, 7) is 0. The van der Waals surface area contributed by atoms with E-state index in [9.17, 15) is 13.6 Å². The van der Waals surface area contributed by atoms with E-state index in [0.717, 1.165) is 12.1 Å². The van der Waals surface area contributed by atoms with E-state index >= 15 is 0 Å². The number of nitrogens with one attached hydrogen (secondary N) is 1. The van der Waals surface area contributed by atoms with Crippen molar-refractivity contribution < 1.29 is 13.6 Å². The van der Waals surface area contributed by atoms with Gasteiger partial charge in [0.1, 0.15) is 11.6 Å². The van der Waals surface area contributed by atoms with Crippen LogP contribution in [0.4, 0.5) is 14.5 Å². The van der Waals surface area contributed by atoms with Gasteiger partial charge in [-0.2, -0.15) is 0 Å². The van der Waals surface area contributed by atoms with E-state index in [-0.39, 0.29) is 15.7 Å². The van der Waals surface area contributed by atoms with Gasteiger partial charge in [-0.15, -0.1) is 0 Å². The molecule has 20 heavy (non-hydrogen) atoms. The minimum atomic E-state index is -0.743. The Morgan fingerprint density at radius 3 is 2.40 bits per heavy atom. The summed E-state index contributed by atoms with van der Waals surface area (Å²) >= 11 is 11.9. The van der Waals surface area contributed by atoms with Gasteiger partial charge in [0.05, 0.1) is 10.2 Å². The second kappa shape index (κ2) is 6.20. The molecule has 0 saturated carbocycles. The molecule has 2 aromatic rings. The Kier molecular flexibility index (Phi) is 4.78. The summed E-state index contributed by atoms with van der Waals surface area (Å²) in [7, 11) is 0. The van der Waals surface area contributed by atoms with Crippen molar-refractivity contribution in [2.24, 2.45) is 0 Å². The fraction of sp³-hybridized carbons (Fsp3) is 0. The van der Waals surface area contributed by atoms with Crippen LogP contribution in [0.15, 0.2) is 39.3 Å². The van der Waals surface area contributed by atoms with Crippen LogP contribution in [0.3, 0.4) is 0 Å². The fourth-order valence-corrected chi connectivity index (χ4v) is 2.67. The SMILES string of the molecule is O=C(Nc1cc(F)c(Br)cc1F)c1cc(Cl)cc(Br)c1. The molecule has 0 aromatic heterocycles. The molecule has 0 aliphatic heterocycles. The van der Waals surface area contributed by atoms with E-state index in [1.54, 1.807) is 6.07 Å². The molecule has 2 aromatic carbocycles. The zero-order valence-corrected chi connectivity index (χ0v) is 13.6. The molecule has 1 amide bonds. The minimum absolute atomic E-state index is 0.0153. The van der Waals surface area contributed by atoms with Crippen molar-refractivity contribution in [1.29, 1.82) is 0 Å². The van der Waals surface area contributed by atoms with Crippen LogP contribution in [0.5, 0.6) is 0 Å². The van der Waals surface area contributed by atoms with Crippen LogP contribution in [0.25, 0.3) is 0 Å². The molecule has 0 aliphatic carbocycles. The highest BCUT2D eigenvalue weighted by molar-refractivity contribution is 9.10. The molecule has 0 bridgehead atoms. The molecule has 0 heterocycles. The molecule has 0 atom stereocenters. The molecule has 0 fully saturated rings. The van der Waals surface area contributed by atoms with Crippen LogP contribution in [0.1, 0.15) is 10.4 Å². The molecule has 104 valence electrons. The first kappa shape index (κ1) is 15.4. The minimum Gasteiger partial charge on any atom is -0.319 e. The largest absolute Gasteiger partial charge is 0.319 e. The summed E-state index contributed by atoms with van der Waals surface area (Å²) in [6.07, 6.45) is 0. The second-order valence-corrected chi connectivity index (χ2v) is 6.06. The smallest absolute Gasteiger partial charge is 0.255 e. The Morgan fingerprint density at radius 1 is 1.05 bits per heavy atom. The van der Waals surface area contributed by atoms with Crippen molar-refractivity contribution >= 4 is 55.1 Å². The number of hydrogen-bond donors (Lipinski definition) is 1. The third kappa shape index (κ3) is 3.56. The number of halogens is 5. The van der Waals surface area contributed by atoms with Gasteiger partial charge in [-0.25, -0.2) is 8.78 Å². The molecule has 2 rings (SSSR count). The van der Waals surface area contributed by atoms with E-state index in [4.69, 9.17) is 11.6 Å². The van der Waals surface area contributed by atoms with Gasteiger partial charge in [-0.3, -0.25) is 4.79 Å². The van der Waals surface area contributed by atoms with Crippen LogP contribution >= 0.6 is 43.5 Å². The van der Waals surface area contributed by atoms with Crippen LogP contribution in [-0.4, -0.2) is 5.91 Å². The van der Waals surface area contributed by atoms with Gasteiger partial charge in [-0.05, 0) is 40.2 Å². The lowest BCUT2D eigenvalue weighted by Gasteiger charge is -2.08. The third-order valence-corrected chi connectivity index (χ3v) is 3.67. The van der Waals surface area contributed by atoms with E-state index in [1.807, 2.05) is 0 Å². The highest BCUT2D eigenvalue weighted by Gasteiger charge is 2.13. The summed E-state index contributed by atoms with van der Waals surface area (Å²) < 4.78 is 27.6. The lowest BCUT2D eigenvalue weighted by atomic mass is 10.2. The first-order valence-corrected chi connectivity index (χ1v) is 7.25. The lowest BCUT2D eigenvalue weighted by Crippen LogP contribution is -2.13. The zero-order valence-electron chi connectivity index (χ0n) is 9.68. The molecule has 0 spiro atoms. The van der Waals surface area contributed by atoms with E-state index < -0.39 is 17.5 Å². The molecule has 0 aliphatic rings. The van der Waals surface area contributed by atoms with Crippen molar-refractivity contribution in [2.75, 3.05) is 5.32 Å². The Hall–Kier alpha value is -0.980. The normalized spacial score (nSPS) is 10.4. The summed E-state index contributed by atoms with van der Waals surface area (Å²) in [5.74, 6) is -2.00. The quantitative estimate of drug-likeness (QED) is 0.642.